The molecule has 0 saturated heterocycles. The second-order valence-electron chi connectivity index (χ2n) is 3.44. The second-order valence-corrected chi connectivity index (χ2v) is 3.44. The molecule has 7 heteroatoms. The molecule has 18 heavy (non-hydrogen) atoms. The first-order chi connectivity index (χ1) is 8.59. The van der Waals surface area contributed by atoms with Crippen molar-refractivity contribution in [3.63, 3.8) is 0 Å². The van der Waals surface area contributed by atoms with Crippen LogP contribution in [0, 0.1) is 5.82 Å². The summed E-state index contributed by atoms with van der Waals surface area (Å²) in [6, 6.07) is 2.38. The number of aromatic carboxylic acids is 1. The summed E-state index contributed by atoms with van der Waals surface area (Å²) >= 11 is 0. The topological polar surface area (TPSA) is 101 Å². The van der Waals surface area contributed by atoms with E-state index >= 15 is 0 Å². The van der Waals surface area contributed by atoms with Gasteiger partial charge in [-0.2, -0.15) is 0 Å². The van der Waals surface area contributed by atoms with Gasteiger partial charge in [0.2, 0.25) is 0 Å². The summed E-state index contributed by atoms with van der Waals surface area (Å²) in [5, 5.41) is 11.8. The highest BCUT2D eigenvalue weighted by atomic mass is 19.1. The molecule has 2 aromatic rings. The normalized spacial score (nSPS) is 10.1. The van der Waals surface area contributed by atoms with E-state index in [1.54, 1.807) is 0 Å². The number of benzene rings is 1. The quantitative estimate of drug-likeness (QED) is 0.714. The van der Waals surface area contributed by atoms with Gasteiger partial charge in [-0.25, -0.2) is 19.2 Å². The lowest BCUT2D eigenvalue weighted by atomic mass is 10.1. The van der Waals surface area contributed by atoms with Gasteiger partial charge >= 0.3 is 5.97 Å². The van der Waals surface area contributed by atoms with Gasteiger partial charge in [-0.3, -0.25) is 0 Å². The average molecular weight is 248 g/mol. The zero-order valence-electron chi connectivity index (χ0n) is 9.09. The van der Waals surface area contributed by atoms with E-state index in [1.807, 2.05) is 0 Å². The van der Waals surface area contributed by atoms with Crippen LogP contribution in [-0.4, -0.2) is 21.0 Å². The molecule has 1 heterocycles. The van der Waals surface area contributed by atoms with Gasteiger partial charge in [0.1, 0.15) is 17.7 Å². The average Bonchev–Trinajstić information content (AvgIpc) is 2.35. The van der Waals surface area contributed by atoms with Crippen LogP contribution in [0.15, 0.2) is 30.9 Å². The van der Waals surface area contributed by atoms with E-state index in [0.29, 0.717) is 5.69 Å². The lowest BCUT2D eigenvalue weighted by Gasteiger charge is -2.11. The van der Waals surface area contributed by atoms with Gasteiger partial charge in [0, 0.05) is 0 Å². The third kappa shape index (κ3) is 2.19. The molecule has 6 nitrogen and oxygen atoms in total. The number of aromatic nitrogens is 2. The second kappa shape index (κ2) is 4.66. The molecule has 0 aliphatic carbocycles. The molecule has 0 amide bonds. The third-order valence-corrected chi connectivity index (χ3v) is 2.25. The maximum Gasteiger partial charge on any atom is 0.340 e. The molecular weight excluding hydrogens is 239 g/mol. The van der Waals surface area contributed by atoms with Crippen molar-refractivity contribution in [2.45, 2.75) is 0 Å². The fourth-order valence-electron chi connectivity index (χ4n) is 1.45. The Balaban J connectivity index is 2.45. The fourth-order valence-corrected chi connectivity index (χ4v) is 1.45. The molecule has 0 aliphatic heterocycles. The van der Waals surface area contributed by atoms with E-state index in [-0.39, 0.29) is 11.3 Å². The van der Waals surface area contributed by atoms with Crippen LogP contribution in [0.3, 0.4) is 0 Å². The predicted molar refractivity (Wildman–Crippen MR) is 63.1 cm³/mol. The number of anilines is 3. The van der Waals surface area contributed by atoms with Gasteiger partial charge in [0.15, 0.2) is 0 Å². The number of hydrogen-bond acceptors (Lipinski definition) is 5. The van der Waals surface area contributed by atoms with Crippen molar-refractivity contribution in [1.29, 1.82) is 0 Å². The number of nitrogen functional groups attached to an aromatic ring is 1. The number of carboxylic acid groups (broad SMARTS) is 1. The number of nitrogens with one attached hydrogen (secondary N) is 1. The Morgan fingerprint density at radius 2 is 2.00 bits per heavy atom. The van der Waals surface area contributed by atoms with Crippen LogP contribution >= 0.6 is 0 Å². The number of carboxylic acids is 1. The highest BCUT2D eigenvalue weighted by molar-refractivity contribution is 6.00. The highest BCUT2D eigenvalue weighted by Gasteiger charge is 2.17. The van der Waals surface area contributed by atoms with Gasteiger partial charge in [0.05, 0.1) is 29.5 Å². The van der Waals surface area contributed by atoms with E-state index in [2.05, 4.69) is 15.3 Å². The maximum absolute atomic E-state index is 13.2. The SMILES string of the molecule is Nc1c(F)ccc(Nc2cncnc2)c1C(=O)O. The number of rotatable bonds is 3. The molecule has 4 N–H and O–H groups in total. The van der Waals surface area contributed by atoms with Crippen molar-refractivity contribution in [3.8, 4) is 0 Å². The van der Waals surface area contributed by atoms with Gasteiger partial charge in [-0.05, 0) is 12.1 Å². The zero-order valence-corrected chi connectivity index (χ0v) is 9.09. The van der Waals surface area contributed by atoms with Gasteiger partial charge in [-0.1, -0.05) is 0 Å². The van der Waals surface area contributed by atoms with Crippen LogP contribution in [0.25, 0.3) is 0 Å². The molecule has 0 saturated carbocycles. The molecule has 0 radical (unpaired) electrons. The minimum atomic E-state index is -1.31. The van der Waals surface area contributed by atoms with E-state index in [4.69, 9.17) is 10.8 Å². The van der Waals surface area contributed by atoms with Crippen LogP contribution in [0.2, 0.25) is 0 Å². The molecule has 0 fully saturated rings. The largest absolute Gasteiger partial charge is 0.478 e. The van der Waals surface area contributed by atoms with Crippen LogP contribution in [-0.2, 0) is 0 Å². The zero-order chi connectivity index (χ0) is 13.1. The number of hydrogen-bond donors (Lipinski definition) is 3. The Labute approximate surface area is 101 Å². The molecule has 1 aromatic carbocycles. The number of carbonyl (C=O) groups is 1. The minimum absolute atomic E-state index is 0.177. The Hall–Kier alpha value is -2.70. The first kappa shape index (κ1) is 11.8. The van der Waals surface area contributed by atoms with Crippen molar-refractivity contribution >= 4 is 23.0 Å². The van der Waals surface area contributed by atoms with Crippen LogP contribution in [0.1, 0.15) is 10.4 Å². The molecule has 0 atom stereocenters. The predicted octanol–water partition coefficient (Wildman–Crippen LogP) is 1.64. The first-order valence-electron chi connectivity index (χ1n) is 4.93. The lowest BCUT2D eigenvalue weighted by Crippen LogP contribution is -2.08. The number of nitrogens with two attached hydrogens (primary N) is 1. The van der Waals surface area contributed by atoms with Crippen LogP contribution in [0.5, 0.6) is 0 Å². The monoisotopic (exact) mass is 248 g/mol. The summed E-state index contributed by atoms with van der Waals surface area (Å²) in [5.74, 6) is -2.09. The molecule has 1 aromatic heterocycles. The maximum atomic E-state index is 13.2. The molecule has 2 rings (SSSR count). The number of halogens is 1. The summed E-state index contributed by atoms with van der Waals surface area (Å²) in [4.78, 5) is 18.6. The van der Waals surface area contributed by atoms with E-state index in [9.17, 15) is 9.18 Å². The Bertz CT molecular complexity index is 589. The van der Waals surface area contributed by atoms with Gasteiger partial charge < -0.3 is 16.2 Å². The van der Waals surface area contributed by atoms with Crippen molar-refractivity contribution in [2.24, 2.45) is 0 Å². The molecule has 0 spiro atoms. The highest BCUT2D eigenvalue weighted by Crippen LogP contribution is 2.27. The Morgan fingerprint density at radius 1 is 1.33 bits per heavy atom. The summed E-state index contributed by atoms with van der Waals surface area (Å²) < 4.78 is 13.2. The van der Waals surface area contributed by atoms with Crippen LogP contribution < -0.4 is 11.1 Å². The van der Waals surface area contributed by atoms with Crippen molar-refractivity contribution < 1.29 is 14.3 Å². The van der Waals surface area contributed by atoms with Crippen molar-refractivity contribution in [2.75, 3.05) is 11.1 Å². The smallest absolute Gasteiger partial charge is 0.340 e. The fraction of sp³-hybridized carbons (Fsp3) is 0. The van der Waals surface area contributed by atoms with Crippen LogP contribution in [0.4, 0.5) is 21.5 Å². The molecule has 0 aliphatic rings. The summed E-state index contributed by atoms with van der Waals surface area (Å²) in [7, 11) is 0. The minimum Gasteiger partial charge on any atom is -0.478 e. The van der Waals surface area contributed by atoms with Crippen molar-refractivity contribution in [1.82, 2.24) is 9.97 Å². The molecule has 0 unspecified atom stereocenters. The summed E-state index contributed by atoms with van der Waals surface area (Å²) in [6.45, 7) is 0. The Morgan fingerprint density at radius 3 is 2.61 bits per heavy atom. The Kier molecular flexibility index (Phi) is 3.05. The summed E-state index contributed by atoms with van der Waals surface area (Å²) in [6.07, 6.45) is 4.25. The third-order valence-electron chi connectivity index (χ3n) is 2.25. The van der Waals surface area contributed by atoms with Crippen molar-refractivity contribution in [3.05, 3.63) is 42.2 Å². The van der Waals surface area contributed by atoms with E-state index in [1.165, 1.54) is 24.8 Å². The molecular formula is C11H9FN4O2. The molecule has 0 bridgehead atoms. The van der Waals surface area contributed by atoms with Gasteiger partial charge in [0.25, 0.3) is 0 Å². The molecule has 92 valence electrons. The van der Waals surface area contributed by atoms with Gasteiger partial charge in [-0.15, -0.1) is 0 Å². The first-order valence-corrected chi connectivity index (χ1v) is 4.93. The summed E-state index contributed by atoms with van der Waals surface area (Å²) in [5.41, 5.74) is 5.33. The van der Waals surface area contributed by atoms with E-state index in [0.717, 1.165) is 6.07 Å². The van der Waals surface area contributed by atoms with E-state index < -0.39 is 17.5 Å². The standard InChI is InChI=1S/C11H9FN4O2/c12-7-1-2-8(9(10(7)13)11(17)18)16-6-3-14-5-15-4-6/h1-5,16H,13H2,(H,17,18). The number of nitrogens with zero attached hydrogens (tertiary/aromatic N) is 2. The lowest BCUT2D eigenvalue weighted by molar-refractivity contribution is 0.0698.